The Kier molecular flexibility index (Phi) is 6.66. The summed E-state index contributed by atoms with van der Waals surface area (Å²) >= 11 is 0. The molecule has 0 aliphatic carbocycles. The monoisotopic (exact) mass is 513 g/mol. The number of fused-ring (bicyclic) bond motifs is 2. The van der Waals surface area contributed by atoms with E-state index in [4.69, 9.17) is 4.74 Å². The minimum atomic E-state index is 0.0585. The van der Waals surface area contributed by atoms with Gasteiger partial charge in [-0.2, -0.15) is 10.5 Å². The first kappa shape index (κ1) is 24.5. The van der Waals surface area contributed by atoms with Crippen molar-refractivity contribution in [1.29, 1.82) is 10.5 Å². The number of ether oxygens (including phenoxy) is 1. The van der Waals surface area contributed by atoms with Gasteiger partial charge in [0, 0.05) is 28.2 Å². The van der Waals surface area contributed by atoms with Crippen LogP contribution < -0.4 is 9.64 Å². The minimum absolute atomic E-state index is 0.0585. The van der Waals surface area contributed by atoms with E-state index < -0.39 is 0 Å². The van der Waals surface area contributed by atoms with Gasteiger partial charge in [0.2, 0.25) is 0 Å². The Hall–Kier alpha value is -5.84. The summed E-state index contributed by atoms with van der Waals surface area (Å²) in [5.74, 6) is 1.18. The fourth-order valence-corrected chi connectivity index (χ4v) is 4.86. The van der Waals surface area contributed by atoms with Crippen LogP contribution in [0.15, 0.2) is 145 Å². The van der Waals surface area contributed by atoms with E-state index in [0.717, 1.165) is 39.0 Å². The molecule has 5 aromatic carbocycles. The summed E-state index contributed by atoms with van der Waals surface area (Å²) in [6.45, 7) is 0. The van der Waals surface area contributed by atoms with Gasteiger partial charge in [-0.25, -0.2) is 0 Å². The molecule has 0 radical (unpaired) electrons. The minimum Gasteiger partial charge on any atom is -0.457 e. The Bertz CT molecular complexity index is 1830. The number of anilines is 3. The lowest BCUT2D eigenvalue weighted by atomic mass is 9.97. The molecule has 6 rings (SSSR count). The number of nitriles is 2. The van der Waals surface area contributed by atoms with Crippen LogP contribution >= 0.6 is 0 Å². The lowest BCUT2D eigenvalue weighted by Gasteiger charge is -2.25. The maximum atomic E-state index is 9.46. The molecule has 0 aromatic heterocycles. The molecule has 1 aliphatic heterocycles. The fourth-order valence-electron chi connectivity index (χ4n) is 4.86. The van der Waals surface area contributed by atoms with E-state index in [2.05, 4.69) is 89.8 Å². The van der Waals surface area contributed by atoms with Gasteiger partial charge >= 0.3 is 0 Å². The van der Waals surface area contributed by atoms with Crippen LogP contribution in [0.3, 0.4) is 0 Å². The predicted molar refractivity (Wildman–Crippen MR) is 161 cm³/mol. The third kappa shape index (κ3) is 4.86. The molecule has 0 unspecified atom stereocenters. The molecular weight excluding hydrogens is 490 g/mol. The van der Waals surface area contributed by atoms with Crippen LogP contribution in [0.2, 0.25) is 0 Å². The van der Waals surface area contributed by atoms with Crippen molar-refractivity contribution in [3.8, 4) is 17.9 Å². The Labute approximate surface area is 233 Å². The Morgan fingerprint density at radius 2 is 1.25 bits per heavy atom. The van der Waals surface area contributed by atoms with Gasteiger partial charge in [0.1, 0.15) is 29.2 Å². The van der Waals surface area contributed by atoms with Crippen molar-refractivity contribution in [2.24, 2.45) is 0 Å². The Morgan fingerprint density at radius 1 is 0.625 bits per heavy atom. The van der Waals surface area contributed by atoms with Crippen molar-refractivity contribution < 1.29 is 4.74 Å². The molecule has 0 fully saturated rings. The molecule has 4 nitrogen and oxygen atoms in total. The fraction of sp³-hybridized carbons (Fsp3) is 0. The second kappa shape index (κ2) is 10.9. The summed E-state index contributed by atoms with van der Waals surface area (Å²) in [7, 11) is 0. The van der Waals surface area contributed by atoms with Crippen LogP contribution in [0, 0.1) is 22.7 Å². The van der Waals surface area contributed by atoms with Crippen LogP contribution in [0.1, 0.15) is 11.1 Å². The highest BCUT2D eigenvalue weighted by atomic mass is 16.5. The van der Waals surface area contributed by atoms with Crippen LogP contribution in [0.25, 0.3) is 22.4 Å². The highest BCUT2D eigenvalue weighted by Crippen LogP contribution is 2.37. The quantitative estimate of drug-likeness (QED) is 0.220. The van der Waals surface area contributed by atoms with Crippen LogP contribution in [0.4, 0.5) is 17.1 Å². The van der Waals surface area contributed by atoms with E-state index in [0.29, 0.717) is 17.1 Å². The van der Waals surface area contributed by atoms with Gasteiger partial charge in [0.25, 0.3) is 0 Å². The van der Waals surface area contributed by atoms with E-state index in [1.807, 2.05) is 60.7 Å². The van der Waals surface area contributed by atoms with Crippen LogP contribution in [0.5, 0.6) is 5.75 Å². The van der Waals surface area contributed by atoms with Crippen molar-refractivity contribution in [3.05, 3.63) is 156 Å². The van der Waals surface area contributed by atoms with E-state index in [-0.39, 0.29) is 5.57 Å². The molecule has 0 saturated heterocycles. The van der Waals surface area contributed by atoms with Crippen molar-refractivity contribution in [1.82, 2.24) is 0 Å². The number of rotatable bonds is 5. The largest absolute Gasteiger partial charge is 0.457 e. The number of hydrogen-bond donors (Lipinski definition) is 0. The number of nitrogens with zero attached hydrogens (tertiary/aromatic N) is 3. The van der Waals surface area contributed by atoms with Crippen molar-refractivity contribution >= 4 is 39.5 Å². The summed E-state index contributed by atoms with van der Waals surface area (Å²) in [4.78, 5) is 2.25. The Balaban J connectivity index is 1.32. The van der Waals surface area contributed by atoms with Crippen LogP contribution in [-0.4, -0.2) is 0 Å². The zero-order valence-electron chi connectivity index (χ0n) is 21.5. The van der Waals surface area contributed by atoms with E-state index in [1.54, 1.807) is 6.08 Å². The van der Waals surface area contributed by atoms with Gasteiger partial charge in [-0.05, 0) is 77.0 Å². The first-order valence-electron chi connectivity index (χ1n) is 12.9. The first-order chi connectivity index (χ1) is 19.7. The highest BCUT2D eigenvalue weighted by molar-refractivity contribution is 5.91. The second-order valence-electron chi connectivity index (χ2n) is 9.29. The second-order valence-corrected chi connectivity index (χ2v) is 9.29. The van der Waals surface area contributed by atoms with Gasteiger partial charge in [0.05, 0.1) is 0 Å². The van der Waals surface area contributed by atoms with E-state index >= 15 is 0 Å². The number of hydrogen-bond acceptors (Lipinski definition) is 4. The summed E-state index contributed by atoms with van der Waals surface area (Å²) in [5.41, 5.74) is 5.65. The molecule has 1 aliphatic rings. The van der Waals surface area contributed by atoms with Gasteiger partial charge < -0.3 is 9.64 Å². The lowest BCUT2D eigenvalue weighted by molar-refractivity contribution is 0.439. The highest BCUT2D eigenvalue weighted by Gasteiger charge is 2.18. The summed E-state index contributed by atoms with van der Waals surface area (Å²) in [5, 5.41) is 21.2. The summed E-state index contributed by atoms with van der Waals surface area (Å²) < 4.78 is 6.05. The summed E-state index contributed by atoms with van der Waals surface area (Å²) in [6.07, 6.45) is 5.59. The maximum absolute atomic E-state index is 9.46. The first-order valence-corrected chi connectivity index (χ1v) is 12.9. The molecule has 5 aromatic rings. The average molecular weight is 514 g/mol. The normalized spacial score (nSPS) is 12.2. The van der Waals surface area contributed by atoms with E-state index in [1.165, 1.54) is 0 Å². The number of allylic oxidation sites excluding steroid dienone is 4. The van der Waals surface area contributed by atoms with E-state index in [9.17, 15) is 10.5 Å². The lowest BCUT2D eigenvalue weighted by Crippen LogP contribution is -2.09. The van der Waals surface area contributed by atoms with Crippen molar-refractivity contribution in [3.63, 3.8) is 0 Å². The standard InChI is InChI=1S/C36H23N3O/c37-24-29(25-38)35-23-33(40-36-14-8-7-13-34(35)36)20-16-26-15-17-28-22-32(19-18-27(28)21-26)39(30-9-3-1-4-10-30)31-11-5-2-6-12-31/h1-23H/b20-16+. The molecule has 0 N–H and O–H groups in total. The van der Waals surface area contributed by atoms with Crippen molar-refractivity contribution in [2.75, 3.05) is 4.90 Å². The number of benzene rings is 5. The smallest absolute Gasteiger partial charge is 0.137 e. The molecule has 1 heterocycles. The predicted octanol–water partition coefficient (Wildman–Crippen LogP) is 9.10. The number of para-hydroxylation sites is 3. The van der Waals surface area contributed by atoms with Gasteiger partial charge in [-0.3, -0.25) is 0 Å². The Morgan fingerprint density at radius 3 is 1.95 bits per heavy atom. The topological polar surface area (TPSA) is 60.0 Å². The molecule has 4 heteroatoms. The van der Waals surface area contributed by atoms with Crippen LogP contribution in [-0.2, 0) is 0 Å². The maximum Gasteiger partial charge on any atom is 0.137 e. The average Bonchev–Trinajstić information content (AvgIpc) is 3.02. The molecule has 0 spiro atoms. The third-order valence-corrected chi connectivity index (χ3v) is 6.76. The molecule has 40 heavy (non-hydrogen) atoms. The molecular formula is C36H23N3O. The van der Waals surface area contributed by atoms with Gasteiger partial charge in [-0.15, -0.1) is 0 Å². The molecule has 188 valence electrons. The van der Waals surface area contributed by atoms with Gasteiger partial charge in [0.15, 0.2) is 0 Å². The molecule has 0 saturated carbocycles. The zero-order valence-corrected chi connectivity index (χ0v) is 21.5. The third-order valence-electron chi connectivity index (χ3n) is 6.76. The van der Waals surface area contributed by atoms with Gasteiger partial charge in [-0.1, -0.05) is 78.9 Å². The molecule has 0 atom stereocenters. The molecule has 0 bridgehead atoms. The summed E-state index contributed by atoms with van der Waals surface area (Å²) in [6, 6.07) is 44.9. The molecule has 0 amide bonds. The SMILES string of the molecule is N#CC(C#N)=C1C=C(/C=C/c2ccc3cc(N(c4ccccc4)c4ccccc4)ccc3c2)Oc2ccccc21. The zero-order chi connectivity index (χ0) is 27.3. The van der Waals surface area contributed by atoms with Crippen molar-refractivity contribution in [2.45, 2.75) is 0 Å².